The molecule has 1 heterocycles. The summed E-state index contributed by atoms with van der Waals surface area (Å²) in [6.07, 6.45) is -5.08. The molecule has 2 rings (SSSR count). The maximum absolute atomic E-state index is 13.0. The molecule has 0 radical (unpaired) electrons. The highest BCUT2D eigenvalue weighted by Crippen LogP contribution is 2.32. The molecule has 5 nitrogen and oxygen atoms in total. The summed E-state index contributed by atoms with van der Waals surface area (Å²) in [5.41, 5.74) is 6.10. The predicted octanol–water partition coefficient (Wildman–Crippen LogP) is 2.59. The van der Waals surface area contributed by atoms with Gasteiger partial charge in [-0.1, -0.05) is 0 Å². The van der Waals surface area contributed by atoms with E-state index >= 15 is 0 Å². The molecule has 0 saturated carbocycles. The second-order valence-electron chi connectivity index (χ2n) is 4.81. The zero-order valence-corrected chi connectivity index (χ0v) is 11.4. The van der Waals surface area contributed by atoms with E-state index in [9.17, 15) is 18.0 Å². The van der Waals surface area contributed by atoms with Crippen molar-refractivity contribution in [2.24, 2.45) is 0 Å². The minimum absolute atomic E-state index is 0.0830. The van der Waals surface area contributed by atoms with Crippen LogP contribution in [0.15, 0.2) is 18.2 Å². The molecule has 21 heavy (non-hydrogen) atoms. The second-order valence-corrected chi connectivity index (χ2v) is 4.81. The molecule has 0 aliphatic heterocycles. The number of alkyl halides is 3. The van der Waals surface area contributed by atoms with Crippen LogP contribution in [0.4, 0.5) is 18.9 Å². The van der Waals surface area contributed by atoms with E-state index in [4.69, 9.17) is 10.5 Å². The Morgan fingerprint density at radius 1 is 1.43 bits per heavy atom. The second kappa shape index (κ2) is 5.27. The average molecular weight is 301 g/mol. The Morgan fingerprint density at radius 3 is 2.67 bits per heavy atom. The van der Waals surface area contributed by atoms with Gasteiger partial charge in [0.05, 0.1) is 17.1 Å². The number of carbonyl (C=O) groups excluding carboxylic acids is 1. The maximum atomic E-state index is 13.0. The van der Waals surface area contributed by atoms with Crippen LogP contribution in [-0.2, 0) is 22.3 Å². The van der Waals surface area contributed by atoms with Crippen LogP contribution in [0.1, 0.15) is 19.7 Å². The van der Waals surface area contributed by atoms with E-state index in [-0.39, 0.29) is 11.0 Å². The number of halogens is 3. The van der Waals surface area contributed by atoms with E-state index in [1.165, 1.54) is 18.2 Å². The van der Waals surface area contributed by atoms with Crippen LogP contribution < -0.4 is 5.73 Å². The maximum Gasteiger partial charge on any atom is 0.449 e. The molecule has 8 heteroatoms. The highest BCUT2D eigenvalue weighted by molar-refractivity contribution is 5.81. The van der Waals surface area contributed by atoms with Crippen molar-refractivity contribution < 1.29 is 22.7 Å². The van der Waals surface area contributed by atoms with Gasteiger partial charge >= 0.3 is 12.1 Å². The number of benzene rings is 1. The predicted molar refractivity (Wildman–Crippen MR) is 70.4 cm³/mol. The summed E-state index contributed by atoms with van der Waals surface area (Å²) in [5, 5.41) is 0. The molecule has 0 bridgehead atoms. The van der Waals surface area contributed by atoms with E-state index in [1.807, 2.05) is 0 Å². The largest absolute Gasteiger partial charge is 0.462 e. The van der Waals surface area contributed by atoms with Gasteiger partial charge in [0, 0.05) is 5.69 Å². The molecule has 0 aliphatic rings. The van der Waals surface area contributed by atoms with Gasteiger partial charge in [-0.05, 0) is 32.0 Å². The number of carbonyl (C=O) groups is 1. The van der Waals surface area contributed by atoms with Crippen molar-refractivity contribution in [1.82, 2.24) is 9.55 Å². The summed E-state index contributed by atoms with van der Waals surface area (Å²) in [4.78, 5) is 15.2. The number of rotatable bonds is 3. The lowest BCUT2D eigenvalue weighted by molar-refractivity contribution is -0.152. The molecular weight excluding hydrogens is 287 g/mol. The number of nitrogens with zero attached hydrogens (tertiary/aromatic N) is 2. The SMILES string of the molecule is CC(C)OC(=O)Cn1c(C(F)(F)F)nc2cc(N)ccc21. The highest BCUT2D eigenvalue weighted by atomic mass is 19.4. The fraction of sp³-hybridized carbons (Fsp3) is 0.385. The van der Waals surface area contributed by atoms with E-state index in [0.717, 1.165) is 4.57 Å². The van der Waals surface area contributed by atoms with Gasteiger partial charge in [-0.15, -0.1) is 0 Å². The van der Waals surface area contributed by atoms with Gasteiger partial charge in [-0.3, -0.25) is 4.79 Å². The van der Waals surface area contributed by atoms with Gasteiger partial charge in [-0.2, -0.15) is 13.2 Å². The van der Waals surface area contributed by atoms with Crippen molar-refractivity contribution in [1.29, 1.82) is 0 Å². The summed E-state index contributed by atoms with van der Waals surface area (Å²) in [5.74, 6) is -1.91. The van der Waals surface area contributed by atoms with Crippen LogP contribution in [-0.4, -0.2) is 21.6 Å². The first-order valence-electron chi connectivity index (χ1n) is 6.21. The smallest absolute Gasteiger partial charge is 0.449 e. The first-order valence-corrected chi connectivity index (χ1v) is 6.21. The lowest BCUT2D eigenvalue weighted by Gasteiger charge is -2.12. The van der Waals surface area contributed by atoms with Crippen molar-refractivity contribution in [3.63, 3.8) is 0 Å². The Hall–Kier alpha value is -2.25. The minimum atomic E-state index is -4.67. The zero-order valence-electron chi connectivity index (χ0n) is 11.4. The third kappa shape index (κ3) is 3.26. The summed E-state index contributed by atoms with van der Waals surface area (Å²) in [6.45, 7) is 2.68. The number of anilines is 1. The fourth-order valence-electron chi connectivity index (χ4n) is 1.95. The van der Waals surface area contributed by atoms with Crippen LogP contribution in [0, 0.1) is 0 Å². The Bertz CT molecular complexity index is 677. The fourth-order valence-corrected chi connectivity index (χ4v) is 1.95. The summed E-state index contributed by atoms with van der Waals surface area (Å²) in [6, 6.07) is 4.18. The Morgan fingerprint density at radius 2 is 2.10 bits per heavy atom. The van der Waals surface area contributed by atoms with Crippen molar-refractivity contribution in [3.8, 4) is 0 Å². The molecule has 0 amide bonds. The normalized spacial score (nSPS) is 12.1. The zero-order chi connectivity index (χ0) is 15.8. The molecule has 114 valence electrons. The first-order chi connectivity index (χ1) is 9.68. The standard InChI is InChI=1S/C13H14F3N3O2/c1-7(2)21-11(20)6-19-10-4-3-8(17)5-9(10)18-12(19)13(14,15)16/h3-5,7H,6,17H2,1-2H3. The summed E-state index contributed by atoms with van der Waals surface area (Å²) >= 11 is 0. The Kier molecular flexibility index (Phi) is 3.80. The molecule has 0 saturated heterocycles. The highest BCUT2D eigenvalue weighted by Gasteiger charge is 2.38. The van der Waals surface area contributed by atoms with Gasteiger partial charge in [0.2, 0.25) is 5.82 Å². The molecule has 0 aliphatic carbocycles. The minimum Gasteiger partial charge on any atom is -0.462 e. The summed E-state index contributed by atoms with van der Waals surface area (Å²) in [7, 11) is 0. The van der Waals surface area contributed by atoms with Gasteiger partial charge in [-0.25, -0.2) is 4.98 Å². The molecule has 0 unspecified atom stereocenters. The van der Waals surface area contributed by atoms with Crippen molar-refractivity contribution in [2.45, 2.75) is 32.7 Å². The molecule has 0 atom stereocenters. The number of esters is 1. The number of nitrogen functional groups attached to an aromatic ring is 1. The number of fused-ring (bicyclic) bond motifs is 1. The Labute approximate surface area is 118 Å². The van der Waals surface area contributed by atoms with Crippen LogP contribution in [0.2, 0.25) is 0 Å². The van der Waals surface area contributed by atoms with Crippen molar-refractivity contribution in [2.75, 3.05) is 5.73 Å². The molecule has 2 N–H and O–H groups in total. The number of imidazole rings is 1. The number of hydrogen-bond donors (Lipinski definition) is 1. The third-order valence-electron chi connectivity index (χ3n) is 2.68. The lowest BCUT2D eigenvalue weighted by Crippen LogP contribution is -2.22. The van der Waals surface area contributed by atoms with E-state index in [2.05, 4.69) is 4.98 Å². The summed E-state index contributed by atoms with van der Waals surface area (Å²) < 4.78 is 44.8. The molecule has 1 aromatic heterocycles. The number of nitrogens with two attached hydrogens (primary N) is 1. The first kappa shape index (κ1) is 15.1. The Balaban J connectivity index is 2.51. The van der Waals surface area contributed by atoms with Gasteiger partial charge in [0.15, 0.2) is 0 Å². The molecule has 1 aromatic carbocycles. The van der Waals surface area contributed by atoms with E-state index in [1.54, 1.807) is 13.8 Å². The van der Waals surface area contributed by atoms with E-state index < -0.39 is 30.6 Å². The van der Waals surface area contributed by atoms with Crippen LogP contribution >= 0.6 is 0 Å². The van der Waals surface area contributed by atoms with Crippen LogP contribution in [0.5, 0.6) is 0 Å². The van der Waals surface area contributed by atoms with Gasteiger partial charge in [0.1, 0.15) is 6.54 Å². The molecule has 0 fully saturated rings. The van der Waals surface area contributed by atoms with Crippen molar-refractivity contribution in [3.05, 3.63) is 24.0 Å². The van der Waals surface area contributed by atoms with Crippen LogP contribution in [0.3, 0.4) is 0 Å². The van der Waals surface area contributed by atoms with E-state index in [0.29, 0.717) is 5.69 Å². The van der Waals surface area contributed by atoms with Crippen LogP contribution in [0.25, 0.3) is 11.0 Å². The monoisotopic (exact) mass is 301 g/mol. The number of aromatic nitrogens is 2. The average Bonchev–Trinajstić information content (AvgIpc) is 2.65. The quantitative estimate of drug-likeness (QED) is 0.699. The van der Waals surface area contributed by atoms with Gasteiger partial charge < -0.3 is 15.0 Å². The van der Waals surface area contributed by atoms with Crippen molar-refractivity contribution >= 4 is 22.7 Å². The topological polar surface area (TPSA) is 70.1 Å². The molecule has 0 spiro atoms. The molecule has 2 aromatic rings. The lowest BCUT2D eigenvalue weighted by atomic mass is 10.3. The van der Waals surface area contributed by atoms with Gasteiger partial charge in [0.25, 0.3) is 0 Å². The number of hydrogen-bond acceptors (Lipinski definition) is 4. The number of ether oxygens (including phenoxy) is 1. The molecular formula is C13H14F3N3O2. The third-order valence-corrected chi connectivity index (χ3v) is 2.68.